The molecule has 0 aliphatic heterocycles. The zero-order valence-electron chi connectivity index (χ0n) is 13.3. The summed E-state index contributed by atoms with van der Waals surface area (Å²) in [6.45, 7) is 2.85. The number of carbonyl (C=O) groups excluding carboxylic acids is 1. The number of rotatable bonds is 8. The molecule has 1 unspecified atom stereocenters. The normalized spacial score (nSPS) is 11.8. The van der Waals surface area contributed by atoms with Crippen LogP contribution >= 0.6 is 23.2 Å². The van der Waals surface area contributed by atoms with Crippen LogP contribution in [0.4, 0.5) is 5.82 Å². The summed E-state index contributed by atoms with van der Waals surface area (Å²) in [5, 5.41) is 3.62. The van der Waals surface area contributed by atoms with Crippen LogP contribution in [-0.4, -0.2) is 22.5 Å². The number of nitrogens with one attached hydrogen (secondary N) is 1. The Morgan fingerprint density at radius 2 is 2.04 bits per heavy atom. The van der Waals surface area contributed by atoms with Crippen molar-refractivity contribution in [2.24, 2.45) is 5.92 Å². The summed E-state index contributed by atoms with van der Waals surface area (Å²) < 4.78 is 5.32. The number of ether oxygens (including phenoxy) is 1. The molecular weight excluding hydrogens is 349 g/mol. The lowest BCUT2D eigenvalue weighted by molar-refractivity contribution is -0.146. The van der Waals surface area contributed by atoms with Crippen molar-refractivity contribution in [1.29, 1.82) is 0 Å². The quantitative estimate of drug-likeness (QED) is 0.554. The first kappa shape index (κ1) is 18.5. The molecule has 0 bridgehead atoms. The van der Waals surface area contributed by atoms with Gasteiger partial charge in [0, 0.05) is 6.54 Å². The topological polar surface area (TPSA) is 64.1 Å². The highest BCUT2D eigenvalue weighted by Gasteiger charge is 2.14. The van der Waals surface area contributed by atoms with E-state index >= 15 is 0 Å². The summed E-state index contributed by atoms with van der Waals surface area (Å²) in [4.78, 5) is 19.8. The summed E-state index contributed by atoms with van der Waals surface area (Å²) in [6, 6.07) is 9.60. The second kappa shape index (κ2) is 9.45. The van der Waals surface area contributed by atoms with E-state index in [1.54, 1.807) is 0 Å². The molecule has 0 saturated heterocycles. The average Bonchev–Trinajstić information content (AvgIpc) is 2.60. The maximum Gasteiger partial charge on any atom is 0.306 e. The van der Waals surface area contributed by atoms with E-state index in [2.05, 4.69) is 15.3 Å². The molecule has 0 saturated carbocycles. The first-order chi connectivity index (χ1) is 11.6. The number of aromatic nitrogens is 2. The van der Waals surface area contributed by atoms with Crippen LogP contribution in [0.5, 0.6) is 0 Å². The highest BCUT2D eigenvalue weighted by atomic mass is 35.5. The Kier molecular flexibility index (Phi) is 7.28. The molecule has 1 aromatic carbocycles. The van der Waals surface area contributed by atoms with Crippen molar-refractivity contribution < 1.29 is 9.53 Å². The van der Waals surface area contributed by atoms with Gasteiger partial charge in [0.15, 0.2) is 0 Å². The van der Waals surface area contributed by atoms with Gasteiger partial charge in [0.2, 0.25) is 5.28 Å². The van der Waals surface area contributed by atoms with E-state index in [0.29, 0.717) is 23.8 Å². The highest BCUT2D eigenvalue weighted by Crippen LogP contribution is 2.20. The molecular formula is C17H19Cl2N3O2. The molecule has 7 heteroatoms. The van der Waals surface area contributed by atoms with Gasteiger partial charge in [0.25, 0.3) is 0 Å². The maximum atomic E-state index is 12.0. The van der Waals surface area contributed by atoms with Gasteiger partial charge < -0.3 is 10.1 Å². The molecule has 1 heterocycles. The van der Waals surface area contributed by atoms with Gasteiger partial charge in [-0.25, -0.2) is 4.98 Å². The molecule has 1 atom stereocenters. The first-order valence-electron chi connectivity index (χ1n) is 7.70. The molecule has 2 rings (SSSR count). The average molecular weight is 368 g/mol. The van der Waals surface area contributed by atoms with E-state index in [-0.39, 0.29) is 23.8 Å². The standard InChI is InChI=1S/C17H19Cl2N3O2/c1-2-12(9-20-16-14(18)10-21-17(19)22-16)8-15(23)24-11-13-6-4-3-5-7-13/h3-7,10,12H,2,8-9,11H2,1H3,(H,20,21,22). The van der Waals surface area contributed by atoms with Crippen LogP contribution in [0.2, 0.25) is 10.3 Å². The molecule has 0 spiro atoms. The van der Waals surface area contributed by atoms with Gasteiger partial charge in [-0.05, 0) is 23.1 Å². The molecule has 0 aliphatic rings. The third kappa shape index (κ3) is 5.98. The minimum absolute atomic E-state index is 0.109. The smallest absolute Gasteiger partial charge is 0.306 e. The van der Waals surface area contributed by atoms with E-state index in [9.17, 15) is 4.79 Å². The molecule has 24 heavy (non-hydrogen) atoms. The Balaban J connectivity index is 1.80. The van der Waals surface area contributed by atoms with Crippen molar-refractivity contribution in [2.45, 2.75) is 26.4 Å². The minimum atomic E-state index is -0.223. The van der Waals surface area contributed by atoms with Crippen LogP contribution < -0.4 is 5.32 Å². The number of hydrogen-bond donors (Lipinski definition) is 1. The van der Waals surface area contributed by atoms with Gasteiger partial charge in [-0.15, -0.1) is 0 Å². The van der Waals surface area contributed by atoms with Gasteiger partial charge in [-0.1, -0.05) is 55.3 Å². The largest absolute Gasteiger partial charge is 0.461 e. The van der Waals surface area contributed by atoms with Crippen LogP contribution in [0.1, 0.15) is 25.3 Å². The number of nitrogens with zero attached hydrogens (tertiary/aromatic N) is 2. The fraction of sp³-hybridized carbons (Fsp3) is 0.353. The van der Waals surface area contributed by atoms with Crippen molar-refractivity contribution in [3.8, 4) is 0 Å². The van der Waals surface area contributed by atoms with Crippen LogP contribution in [-0.2, 0) is 16.1 Å². The summed E-state index contributed by atoms with van der Waals surface area (Å²) in [5.74, 6) is 0.352. The monoisotopic (exact) mass is 367 g/mol. The number of benzene rings is 1. The predicted molar refractivity (Wildman–Crippen MR) is 95.2 cm³/mol. The lowest BCUT2D eigenvalue weighted by atomic mass is 10.0. The molecule has 0 fully saturated rings. The van der Waals surface area contributed by atoms with Crippen molar-refractivity contribution in [1.82, 2.24) is 9.97 Å². The number of esters is 1. The van der Waals surface area contributed by atoms with Crippen molar-refractivity contribution in [2.75, 3.05) is 11.9 Å². The van der Waals surface area contributed by atoms with Crippen LogP contribution in [0.25, 0.3) is 0 Å². The first-order valence-corrected chi connectivity index (χ1v) is 8.45. The van der Waals surface area contributed by atoms with Crippen LogP contribution in [0, 0.1) is 5.92 Å². The number of carbonyl (C=O) groups is 1. The summed E-state index contributed by atoms with van der Waals surface area (Å²) in [6.07, 6.45) is 2.59. The van der Waals surface area contributed by atoms with Gasteiger partial charge >= 0.3 is 5.97 Å². The van der Waals surface area contributed by atoms with E-state index in [1.165, 1.54) is 6.20 Å². The molecule has 128 valence electrons. The maximum absolute atomic E-state index is 12.0. The van der Waals surface area contributed by atoms with E-state index in [4.69, 9.17) is 27.9 Å². The fourth-order valence-electron chi connectivity index (χ4n) is 2.10. The molecule has 0 aliphatic carbocycles. The third-order valence-corrected chi connectivity index (χ3v) is 4.01. The van der Waals surface area contributed by atoms with Gasteiger partial charge in [-0.3, -0.25) is 4.79 Å². The van der Waals surface area contributed by atoms with Crippen LogP contribution in [0.3, 0.4) is 0 Å². The molecule has 1 N–H and O–H groups in total. The molecule has 5 nitrogen and oxygen atoms in total. The Labute approximate surface area is 151 Å². The van der Waals surface area contributed by atoms with Crippen molar-refractivity contribution in [3.63, 3.8) is 0 Å². The molecule has 2 aromatic rings. The second-order valence-electron chi connectivity index (χ2n) is 5.34. The zero-order chi connectivity index (χ0) is 17.4. The SMILES string of the molecule is CCC(CNc1nc(Cl)ncc1Cl)CC(=O)OCc1ccccc1. The van der Waals surface area contributed by atoms with Gasteiger partial charge in [0.1, 0.15) is 17.4 Å². The lowest BCUT2D eigenvalue weighted by Crippen LogP contribution is -2.19. The number of anilines is 1. The Morgan fingerprint density at radius 3 is 2.75 bits per heavy atom. The highest BCUT2D eigenvalue weighted by molar-refractivity contribution is 6.33. The van der Waals surface area contributed by atoms with E-state index < -0.39 is 0 Å². The summed E-state index contributed by atoms with van der Waals surface area (Å²) in [7, 11) is 0. The van der Waals surface area contributed by atoms with Crippen molar-refractivity contribution >= 4 is 35.0 Å². The lowest BCUT2D eigenvalue weighted by Gasteiger charge is -2.16. The predicted octanol–water partition coefficient (Wildman–Crippen LogP) is 4.36. The van der Waals surface area contributed by atoms with E-state index in [0.717, 1.165) is 12.0 Å². The second-order valence-corrected chi connectivity index (χ2v) is 6.09. The van der Waals surface area contributed by atoms with Crippen LogP contribution in [0.15, 0.2) is 36.5 Å². The Bertz CT molecular complexity index is 668. The Hall–Kier alpha value is -1.85. The molecule has 0 amide bonds. The summed E-state index contributed by atoms with van der Waals surface area (Å²) >= 11 is 11.8. The van der Waals surface area contributed by atoms with E-state index in [1.807, 2.05) is 37.3 Å². The molecule has 1 aromatic heterocycles. The van der Waals surface area contributed by atoms with Gasteiger partial charge in [-0.2, -0.15) is 4.98 Å². The van der Waals surface area contributed by atoms with Crippen molar-refractivity contribution in [3.05, 3.63) is 52.4 Å². The third-order valence-electron chi connectivity index (χ3n) is 3.55. The number of halogens is 2. The molecule has 0 radical (unpaired) electrons. The summed E-state index contributed by atoms with van der Waals surface area (Å²) in [5.41, 5.74) is 0.972. The Morgan fingerprint density at radius 1 is 1.29 bits per heavy atom. The zero-order valence-corrected chi connectivity index (χ0v) is 14.8. The minimum Gasteiger partial charge on any atom is -0.461 e. The number of hydrogen-bond acceptors (Lipinski definition) is 5. The fourth-order valence-corrected chi connectivity index (χ4v) is 2.40. The van der Waals surface area contributed by atoms with Gasteiger partial charge in [0.05, 0.1) is 12.6 Å².